The molecule has 0 spiro atoms. The van der Waals surface area contributed by atoms with Crippen molar-refractivity contribution < 1.29 is 0 Å². The van der Waals surface area contributed by atoms with Crippen LogP contribution in [0.5, 0.6) is 0 Å². The molecule has 21 heavy (non-hydrogen) atoms. The number of aryl methyl sites for hydroxylation is 1. The topological polar surface area (TPSA) is 71.8 Å². The normalized spacial score (nSPS) is 13.9. The van der Waals surface area contributed by atoms with Gasteiger partial charge < -0.3 is 10.7 Å². The molecular formula is C15H18BrN3OS. The van der Waals surface area contributed by atoms with Crippen molar-refractivity contribution in [2.24, 2.45) is 5.73 Å². The highest BCUT2D eigenvalue weighted by atomic mass is 79.9. The van der Waals surface area contributed by atoms with Gasteiger partial charge in [-0.05, 0) is 25.0 Å². The Morgan fingerprint density at radius 1 is 1.43 bits per heavy atom. The molecule has 2 atom stereocenters. The molecule has 112 valence electrons. The Labute approximate surface area is 136 Å². The van der Waals surface area contributed by atoms with Crippen molar-refractivity contribution in [2.75, 3.05) is 0 Å². The van der Waals surface area contributed by atoms with E-state index in [1.807, 2.05) is 31.2 Å². The van der Waals surface area contributed by atoms with Crippen molar-refractivity contribution in [3.63, 3.8) is 0 Å². The molecule has 0 radical (unpaired) electrons. The number of thioether (sulfide) groups is 1. The summed E-state index contributed by atoms with van der Waals surface area (Å²) in [6.45, 7) is 3.87. The zero-order chi connectivity index (χ0) is 15.4. The molecule has 4 nitrogen and oxygen atoms in total. The number of benzene rings is 1. The fraction of sp³-hybridized carbons (Fsp3) is 0.333. The highest BCUT2D eigenvalue weighted by Gasteiger charge is 2.23. The summed E-state index contributed by atoms with van der Waals surface area (Å²) in [5, 5.41) is 0.625. The summed E-state index contributed by atoms with van der Waals surface area (Å²) in [5.41, 5.74) is 7.96. The number of hydrogen-bond donors (Lipinski definition) is 2. The summed E-state index contributed by atoms with van der Waals surface area (Å²) in [5.74, 6) is 0. The molecule has 2 unspecified atom stereocenters. The SMILES string of the molecule is CCC(N)C(Sc1nc(C)cc(=O)[nH]1)c1ccccc1Br. The monoisotopic (exact) mass is 367 g/mol. The van der Waals surface area contributed by atoms with Gasteiger partial charge in [-0.2, -0.15) is 0 Å². The van der Waals surface area contributed by atoms with Crippen LogP contribution >= 0.6 is 27.7 Å². The molecule has 2 rings (SSSR count). The summed E-state index contributed by atoms with van der Waals surface area (Å²) in [6.07, 6.45) is 0.842. The lowest BCUT2D eigenvalue weighted by atomic mass is 10.0. The van der Waals surface area contributed by atoms with E-state index in [2.05, 4.69) is 32.8 Å². The van der Waals surface area contributed by atoms with Gasteiger partial charge in [-0.3, -0.25) is 4.79 Å². The molecule has 0 aliphatic heterocycles. The maximum absolute atomic E-state index is 11.6. The Morgan fingerprint density at radius 2 is 2.14 bits per heavy atom. The van der Waals surface area contributed by atoms with Crippen molar-refractivity contribution in [3.05, 3.63) is 56.4 Å². The molecule has 0 bridgehead atoms. The minimum Gasteiger partial charge on any atom is -0.326 e. The van der Waals surface area contributed by atoms with E-state index in [1.54, 1.807) is 0 Å². The lowest BCUT2D eigenvalue weighted by Crippen LogP contribution is -2.26. The number of halogens is 1. The second-order valence-corrected chi connectivity index (χ2v) is 6.81. The lowest BCUT2D eigenvalue weighted by molar-refractivity contribution is 0.631. The number of H-pyrrole nitrogens is 1. The first-order valence-corrected chi connectivity index (χ1v) is 8.43. The minimum absolute atomic E-state index is 0.0236. The van der Waals surface area contributed by atoms with Crippen LogP contribution < -0.4 is 11.3 Å². The average Bonchev–Trinajstić information content (AvgIpc) is 2.44. The van der Waals surface area contributed by atoms with E-state index in [4.69, 9.17) is 5.73 Å². The third-order valence-electron chi connectivity index (χ3n) is 3.16. The van der Waals surface area contributed by atoms with Crippen LogP contribution in [-0.2, 0) is 0 Å². The standard InChI is InChI=1S/C15H18BrN3OS/c1-3-12(17)14(10-6-4-5-7-11(10)16)21-15-18-9(2)8-13(20)19-15/h4-8,12,14H,3,17H2,1-2H3,(H,18,19,20). The Kier molecular flexibility index (Phi) is 5.61. The van der Waals surface area contributed by atoms with E-state index in [-0.39, 0.29) is 16.9 Å². The minimum atomic E-state index is -0.138. The maximum Gasteiger partial charge on any atom is 0.251 e. The summed E-state index contributed by atoms with van der Waals surface area (Å²) in [7, 11) is 0. The van der Waals surface area contributed by atoms with Crippen LogP contribution in [-0.4, -0.2) is 16.0 Å². The Hall–Kier alpha value is -1.11. The number of aromatic nitrogens is 2. The number of hydrogen-bond acceptors (Lipinski definition) is 4. The van der Waals surface area contributed by atoms with Gasteiger partial charge in [-0.15, -0.1) is 0 Å². The van der Waals surface area contributed by atoms with Crippen LogP contribution in [0.1, 0.15) is 29.9 Å². The second-order valence-electron chi connectivity index (χ2n) is 4.82. The Morgan fingerprint density at radius 3 is 2.76 bits per heavy atom. The van der Waals surface area contributed by atoms with Crippen molar-refractivity contribution in [2.45, 2.75) is 36.7 Å². The smallest absolute Gasteiger partial charge is 0.251 e. The van der Waals surface area contributed by atoms with Gasteiger partial charge in [0.15, 0.2) is 5.16 Å². The summed E-state index contributed by atoms with van der Waals surface area (Å²) < 4.78 is 1.02. The predicted molar refractivity (Wildman–Crippen MR) is 90.6 cm³/mol. The molecule has 0 amide bonds. The number of aromatic amines is 1. The summed E-state index contributed by atoms with van der Waals surface area (Å²) in [6, 6.07) is 9.46. The predicted octanol–water partition coefficient (Wildman–Crippen LogP) is 3.41. The van der Waals surface area contributed by atoms with Gasteiger partial charge in [0.05, 0.1) is 5.25 Å². The van der Waals surface area contributed by atoms with Crippen LogP contribution in [0, 0.1) is 6.92 Å². The summed E-state index contributed by atoms with van der Waals surface area (Å²) in [4.78, 5) is 18.7. The van der Waals surface area contributed by atoms with Crippen LogP contribution in [0.4, 0.5) is 0 Å². The Bertz CT molecular complexity index is 674. The molecule has 0 saturated heterocycles. The van der Waals surface area contributed by atoms with E-state index in [1.165, 1.54) is 17.8 Å². The van der Waals surface area contributed by atoms with Gasteiger partial charge in [0.2, 0.25) is 0 Å². The third kappa shape index (κ3) is 4.18. The highest BCUT2D eigenvalue weighted by Crippen LogP contribution is 2.39. The van der Waals surface area contributed by atoms with Gasteiger partial charge >= 0.3 is 0 Å². The maximum atomic E-state index is 11.6. The van der Waals surface area contributed by atoms with Crippen molar-refractivity contribution in [1.29, 1.82) is 0 Å². The lowest BCUT2D eigenvalue weighted by Gasteiger charge is -2.23. The summed E-state index contributed by atoms with van der Waals surface area (Å²) >= 11 is 5.07. The number of rotatable bonds is 5. The van der Waals surface area contributed by atoms with Gasteiger partial charge in [0.25, 0.3) is 5.56 Å². The van der Waals surface area contributed by atoms with Gasteiger partial charge in [0, 0.05) is 22.3 Å². The van der Waals surface area contributed by atoms with Crippen LogP contribution in [0.2, 0.25) is 0 Å². The molecule has 6 heteroatoms. The molecule has 2 aromatic rings. The molecule has 3 N–H and O–H groups in total. The molecular weight excluding hydrogens is 350 g/mol. The zero-order valence-electron chi connectivity index (χ0n) is 12.0. The largest absolute Gasteiger partial charge is 0.326 e. The first kappa shape index (κ1) is 16.3. The van der Waals surface area contributed by atoms with Gasteiger partial charge in [-0.25, -0.2) is 4.98 Å². The number of nitrogens with zero attached hydrogens (tertiary/aromatic N) is 1. The fourth-order valence-electron chi connectivity index (χ4n) is 2.03. The van der Waals surface area contributed by atoms with Crippen LogP contribution in [0.3, 0.4) is 0 Å². The van der Waals surface area contributed by atoms with E-state index >= 15 is 0 Å². The molecule has 1 heterocycles. The van der Waals surface area contributed by atoms with E-state index in [0.29, 0.717) is 10.9 Å². The first-order chi connectivity index (χ1) is 10.0. The first-order valence-electron chi connectivity index (χ1n) is 6.76. The van der Waals surface area contributed by atoms with E-state index in [9.17, 15) is 4.79 Å². The fourth-order valence-corrected chi connectivity index (χ4v) is 4.01. The molecule has 1 aromatic carbocycles. The van der Waals surface area contributed by atoms with Crippen molar-refractivity contribution in [1.82, 2.24) is 9.97 Å². The third-order valence-corrected chi connectivity index (χ3v) is 5.15. The molecule has 0 fully saturated rings. The molecule has 0 saturated carbocycles. The van der Waals surface area contributed by atoms with E-state index in [0.717, 1.165) is 16.5 Å². The zero-order valence-corrected chi connectivity index (χ0v) is 14.4. The van der Waals surface area contributed by atoms with Gasteiger partial charge in [0.1, 0.15) is 0 Å². The second kappa shape index (κ2) is 7.24. The van der Waals surface area contributed by atoms with Crippen molar-refractivity contribution >= 4 is 27.7 Å². The van der Waals surface area contributed by atoms with Gasteiger partial charge in [-0.1, -0.05) is 52.8 Å². The van der Waals surface area contributed by atoms with Crippen molar-refractivity contribution in [3.8, 4) is 0 Å². The number of nitrogens with one attached hydrogen (secondary N) is 1. The average molecular weight is 368 g/mol. The quantitative estimate of drug-likeness (QED) is 0.627. The molecule has 1 aromatic heterocycles. The Balaban J connectivity index is 2.37. The molecule has 0 aliphatic rings. The van der Waals surface area contributed by atoms with Crippen LogP contribution in [0.25, 0.3) is 0 Å². The van der Waals surface area contributed by atoms with Crippen LogP contribution in [0.15, 0.2) is 44.8 Å². The van der Waals surface area contributed by atoms with E-state index < -0.39 is 0 Å². The molecule has 0 aliphatic carbocycles. The highest BCUT2D eigenvalue weighted by molar-refractivity contribution is 9.10. The number of nitrogens with two attached hydrogens (primary N) is 1.